The van der Waals surface area contributed by atoms with E-state index in [9.17, 15) is 12.8 Å². The number of nitrogens with two attached hydrogens (primary N) is 1. The number of halogens is 1. The highest BCUT2D eigenvalue weighted by Gasteiger charge is 2.23. The van der Waals surface area contributed by atoms with Crippen LogP contribution in [0.25, 0.3) is 0 Å². The van der Waals surface area contributed by atoms with Gasteiger partial charge >= 0.3 is 0 Å². The molecule has 5 nitrogen and oxygen atoms in total. The molecule has 3 N–H and O–H groups in total. The average molecular weight is 301 g/mol. The Bertz CT molecular complexity index is 571. The molecule has 1 heterocycles. The smallest absolute Gasteiger partial charge is 0.242 e. The van der Waals surface area contributed by atoms with Crippen molar-refractivity contribution in [1.82, 2.24) is 9.62 Å². The van der Waals surface area contributed by atoms with Crippen molar-refractivity contribution in [2.45, 2.75) is 30.7 Å². The molecule has 0 bridgehead atoms. The van der Waals surface area contributed by atoms with Crippen molar-refractivity contribution in [2.24, 2.45) is 0 Å². The third kappa shape index (κ3) is 3.28. The summed E-state index contributed by atoms with van der Waals surface area (Å²) in [7, 11) is -3.78. The molecular formula is C13H20FN3O2S. The molecule has 112 valence electrons. The van der Waals surface area contributed by atoms with Gasteiger partial charge in [-0.25, -0.2) is 17.5 Å². The molecule has 0 spiro atoms. The second-order valence-corrected chi connectivity index (χ2v) is 6.83. The summed E-state index contributed by atoms with van der Waals surface area (Å²) < 4.78 is 40.1. The molecule has 1 saturated heterocycles. The normalized spacial score (nSPS) is 18.3. The first-order valence-electron chi connectivity index (χ1n) is 6.69. The van der Waals surface area contributed by atoms with Gasteiger partial charge in [-0.05, 0) is 45.0 Å². The molecule has 1 fully saturated rings. The van der Waals surface area contributed by atoms with E-state index in [0.717, 1.165) is 32.0 Å². The SMILES string of the molecule is CC(CNS(=O)(=O)c1cccc(F)c1N)N1CCCC1. The number of anilines is 1. The van der Waals surface area contributed by atoms with Crippen LogP contribution in [0, 0.1) is 5.82 Å². The highest BCUT2D eigenvalue weighted by Crippen LogP contribution is 2.21. The predicted octanol–water partition coefficient (Wildman–Crippen LogP) is 1.17. The minimum absolute atomic E-state index is 0.113. The monoisotopic (exact) mass is 301 g/mol. The van der Waals surface area contributed by atoms with Crippen LogP contribution in [0.1, 0.15) is 19.8 Å². The Kier molecular flexibility index (Phi) is 4.62. The molecule has 0 aromatic heterocycles. The van der Waals surface area contributed by atoms with Gasteiger partial charge in [-0.15, -0.1) is 0 Å². The third-order valence-corrected chi connectivity index (χ3v) is 5.12. The zero-order chi connectivity index (χ0) is 14.8. The molecule has 0 aliphatic carbocycles. The van der Waals surface area contributed by atoms with Gasteiger partial charge in [-0.2, -0.15) is 0 Å². The lowest BCUT2D eigenvalue weighted by atomic mass is 10.3. The molecule has 1 aliphatic heterocycles. The molecular weight excluding hydrogens is 281 g/mol. The van der Waals surface area contributed by atoms with Crippen LogP contribution in [0.3, 0.4) is 0 Å². The minimum atomic E-state index is -3.78. The van der Waals surface area contributed by atoms with E-state index >= 15 is 0 Å². The summed E-state index contributed by atoms with van der Waals surface area (Å²) >= 11 is 0. The number of benzene rings is 1. The summed E-state index contributed by atoms with van der Waals surface area (Å²) in [5.74, 6) is -0.722. The highest BCUT2D eigenvalue weighted by molar-refractivity contribution is 7.89. The van der Waals surface area contributed by atoms with Gasteiger partial charge in [-0.3, -0.25) is 4.90 Å². The van der Waals surface area contributed by atoms with Crippen molar-refractivity contribution in [3.05, 3.63) is 24.0 Å². The molecule has 7 heteroatoms. The minimum Gasteiger partial charge on any atom is -0.395 e. The zero-order valence-electron chi connectivity index (χ0n) is 11.5. The Morgan fingerprint density at radius 3 is 2.70 bits per heavy atom. The van der Waals surface area contributed by atoms with E-state index in [1.807, 2.05) is 6.92 Å². The van der Waals surface area contributed by atoms with E-state index in [-0.39, 0.29) is 23.2 Å². The van der Waals surface area contributed by atoms with Gasteiger partial charge in [0, 0.05) is 12.6 Å². The van der Waals surface area contributed by atoms with Crippen LogP contribution >= 0.6 is 0 Å². The Morgan fingerprint density at radius 2 is 2.05 bits per heavy atom. The maximum absolute atomic E-state index is 13.3. The van der Waals surface area contributed by atoms with Gasteiger partial charge in [0.1, 0.15) is 10.7 Å². The quantitative estimate of drug-likeness (QED) is 0.801. The lowest BCUT2D eigenvalue weighted by molar-refractivity contribution is 0.260. The summed E-state index contributed by atoms with van der Waals surface area (Å²) in [6, 6.07) is 3.90. The Balaban J connectivity index is 2.05. The first-order valence-corrected chi connectivity index (χ1v) is 8.18. The maximum Gasteiger partial charge on any atom is 0.242 e. The summed E-state index contributed by atoms with van der Waals surface area (Å²) in [6.07, 6.45) is 2.29. The van der Waals surface area contributed by atoms with Gasteiger partial charge in [0.2, 0.25) is 10.0 Å². The standard InChI is InChI=1S/C13H20FN3O2S/c1-10(17-7-2-3-8-17)9-16-20(18,19)12-6-4-5-11(14)13(12)15/h4-6,10,16H,2-3,7-9,15H2,1H3. The van der Waals surface area contributed by atoms with E-state index in [1.165, 1.54) is 12.1 Å². The van der Waals surface area contributed by atoms with Crippen LogP contribution in [0.5, 0.6) is 0 Å². The number of hydrogen-bond donors (Lipinski definition) is 2. The molecule has 1 unspecified atom stereocenters. The van der Waals surface area contributed by atoms with Gasteiger partial charge in [0.25, 0.3) is 0 Å². The van der Waals surface area contributed by atoms with Crippen molar-refractivity contribution in [3.8, 4) is 0 Å². The molecule has 1 aromatic rings. The number of nitrogen functional groups attached to an aromatic ring is 1. The largest absolute Gasteiger partial charge is 0.395 e. The first kappa shape index (κ1) is 15.2. The average Bonchev–Trinajstić information content (AvgIpc) is 2.93. The number of rotatable bonds is 5. The molecule has 1 atom stereocenters. The van der Waals surface area contributed by atoms with E-state index in [2.05, 4.69) is 9.62 Å². The van der Waals surface area contributed by atoms with Crippen LogP contribution in [0.15, 0.2) is 23.1 Å². The second-order valence-electron chi connectivity index (χ2n) is 5.10. The topological polar surface area (TPSA) is 75.4 Å². The number of nitrogens with one attached hydrogen (secondary N) is 1. The Morgan fingerprint density at radius 1 is 1.40 bits per heavy atom. The summed E-state index contributed by atoms with van der Waals surface area (Å²) in [5, 5.41) is 0. The van der Waals surface area contributed by atoms with Crippen molar-refractivity contribution in [1.29, 1.82) is 0 Å². The molecule has 20 heavy (non-hydrogen) atoms. The third-order valence-electron chi connectivity index (χ3n) is 3.64. The van der Waals surface area contributed by atoms with Gasteiger partial charge in [-0.1, -0.05) is 6.07 Å². The molecule has 2 rings (SSSR count). The number of hydrogen-bond acceptors (Lipinski definition) is 4. The van der Waals surface area contributed by atoms with Crippen molar-refractivity contribution < 1.29 is 12.8 Å². The maximum atomic E-state index is 13.3. The van der Waals surface area contributed by atoms with Crippen LogP contribution in [-0.4, -0.2) is 39.0 Å². The number of nitrogens with zero attached hydrogens (tertiary/aromatic N) is 1. The lowest BCUT2D eigenvalue weighted by Gasteiger charge is -2.23. The number of para-hydroxylation sites is 1. The van der Waals surface area contributed by atoms with Crippen LogP contribution in [0.4, 0.5) is 10.1 Å². The summed E-state index contributed by atoms with van der Waals surface area (Å²) in [4.78, 5) is 2.03. The van der Waals surface area contributed by atoms with Crippen molar-refractivity contribution >= 4 is 15.7 Å². The molecule has 1 aliphatic rings. The second kappa shape index (κ2) is 6.07. The molecule has 0 amide bonds. The predicted molar refractivity (Wildman–Crippen MR) is 76.3 cm³/mol. The Labute approximate surface area is 119 Å². The lowest BCUT2D eigenvalue weighted by Crippen LogP contribution is -2.40. The summed E-state index contributed by atoms with van der Waals surface area (Å²) in [5.41, 5.74) is 5.15. The van der Waals surface area contributed by atoms with Crippen LogP contribution in [0.2, 0.25) is 0 Å². The zero-order valence-corrected chi connectivity index (χ0v) is 12.3. The molecule has 1 aromatic carbocycles. The molecule has 0 radical (unpaired) electrons. The van der Waals surface area contributed by atoms with E-state index in [1.54, 1.807) is 0 Å². The van der Waals surface area contributed by atoms with Gasteiger partial charge < -0.3 is 5.73 Å². The van der Waals surface area contributed by atoms with Gasteiger partial charge in [0.05, 0.1) is 5.69 Å². The number of likely N-dealkylation sites (tertiary alicyclic amines) is 1. The van der Waals surface area contributed by atoms with Gasteiger partial charge in [0.15, 0.2) is 0 Å². The van der Waals surface area contributed by atoms with Crippen molar-refractivity contribution in [2.75, 3.05) is 25.4 Å². The molecule has 0 saturated carbocycles. The van der Waals surface area contributed by atoms with Crippen molar-refractivity contribution in [3.63, 3.8) is 0 Å². The van der Waals surface area contributed by atoms with E-state index in [0.29, 0.717) is 0 Å². The van der Waals surface area contributed by atoms with E-state index < -0.39 is 15.8 Å². The van der Waals surface area contributed by atoms with Crippen LogP contribution < -0.4 is 10.5 Å². The fraction of sp³-hybridized carbons (Fsp3) is 0.538. The Hall–Kier alpha value is -1.18. The van der Waals surface area contributed by atoms with Crippen LogP contribution in [-0.2, 0) is 10.0 Å². The summed E-state index contributed by atoms with van der Waals surface area (Å²) in [6.45, 7) is 4.25. The first-order chi connectivity index (χ1) is 9.42. The van der Waals surface area contributed by atoms with E-state index in [4.69, 9.17) is 5.73 Å². The number of sulfonamides is 1. The fourth-order valence-electron chi connectivity index (χ4n) is 2.37. The fourth-order valence-corrected chi connectivity index (χ4v) is 3.63. The highest BCUT2D eigenvalue weighted by atomic mass is 32.2.